The molecule has 3 nitrogen and oxygen atoms in total. The van der Waals surface area contributed by atoms with E-state index >= 15 is 0 Å². The van der Waals surface area contributed by atoms with Gasteiger partial charge in [-0.1, -0.05) is 12.0 Å². The Kier molecular flexibility index (Phi) is 5.37. The third-order valence-electron chi connectivity index (χ3n) is 3.13. The Hall–Kier alpha value is -1.65. The summed E-state index contributed by atoms with van der Waals surface area (Å²) in [4.78, 5) is 12.1. The zero-order valence-electron chi connectivity index (χ0n) is 11.5. The smallest absolute Gasteiger partial charge is 0.375 e. The fourth-order valence-corrected chi connectivity index (χ4v) is 2.77. The van der Waals surface area contributed by atoms with E-state index in [-0.39, 0.29) is 28.3 Å². The van der Waals surface area contributed by atoms with Crippen LogP contribution in [0.2, 0.25) is 0 Å². The van der Waals surface area contributed by atoms with Crippen molar-refractivity contribution >= 4 is 17.7 Å². The molecule has 118 valence electrons. The van der Waals surface area contributed by atoms with Crippen molar-refractivity contribution in [2.45, 2.75) is 35.4 Å². The molecule has 1 aromatic carbocycles. The van der Waals surface area contributed by atoms with E-state index in [9.17, 15) is 18.0 Å². The standard InChI is InChI=1S/C15H14F3NO2S/c1-2-12(13-7-4-8-21-13)19-14(20)10-5-3-6-11(9-10)22-15(16,17)18/h1,3,5-6,9,12-13H,4,7-8H2,(H,19,20)/t12-,13+/m1/s1. The van der Waals surface area contributed by atoms with E-state index in [2.05, 4.69) is 11.2 Å². The second-order valence-electron chi connectivity index (χ2n) is 4.74. The number of ether oxygens (including phenoxy) is 1. The molecule has 0 aliphatic carbocycles. The summed E-state index contributed by atoms with van der Waals surface area (Å²) in [5.41, 5.74) is -4.26. The Balaban J connectivity index is 2.05. The number of carbonyl (C=O) groups excluding carboxylic acids is 1. The lowest BCUT2D eigenvalue weighted by Gasteiger charge is -2.19. The van der Waals surface area contributed by atoms with E-state index in [0.717, 1.165) is 12.8 Å². The number of rotatable bonds is 4. The minimum absolute atomic E-state index is 0.0467. The summed E-state index contributed by atoms with van der Waals surface area (Å²) in [6, 6.07) is 4.75. The summed E-state index contributed by atoms with van der Waals surface area (Å²) in [5.74, 6) is 1.94. The molecule has 0 spiro atoms. The number of nitrogens with one attached hydrogen (secondary N) is 1. The molecule has 0 unspecified atom stereocenters. The SMILES string of the molecule is C#C[C@@H](NC(=O)c1cccc(SC(F)(F)F)c1)[C@@H]1CCCO1. The molecule has 1 aliphatic rings. The molecule has 1 N–H and O–H groups in total. The number of halogens is 3. The van der Waals surface area contributed by atoms with Crippen LogP contribution in [0.1, 0.15) is 23.2 Å². The van der Waals surface area contributed by atoms with Gasteiger partial charge in [0.25, 0.3) is 5.91 Å². The van der Waals surface area contributed by atoms with E-state index in [1.165, 1.54) is 24.3 Å². The third kappa shape index (κ3) is 4.68. The molecule has 1 fully saturated rings. The van der Waals surface area contributed by atoms with Gasteiger partial charge in [0.2, 0.25) is 0 Å². The second kappa shape index (κ2) is 7.07. The van der Waals surface area contributed by atoms with Crippen LogP contribution in [0.4, 0.5) is 13.2 Å². The maximum Gasteiger partial charge on any atom is 0.446 e. The van der Waals surface area contributed by atoms with Crippen LogP contribution in [0.25, 0.3) is 0 Å². The Labute approximate surface area is 130 Å². The van der Waals surface area contributed by atoms with Crippen LogP contribution < -0.4 is 5.32 Å². The lowest BCUT2D eigenvalue weighted by Crippen LogP contribution is -2.42. The normalized spacial score (nSPS) is 19.5. The van der Waals surface area contributed by atoms with Gasteiger partial charge in [-0.05, 0) is 42.8 Å². The van der Waals surface area contributed by atoms with Gasteiger partial charge in [-0.15, -0.1) is 6.42 Å². The molecule has 1 aliphatic heterocycles. The van der Waals surface area contributed by atoms with E-state index in [0.29, 0.717) is 6.61 Å². The molecule has 1 saturated heterocycles. The van der Waals surface area contributed by atoms with Crippen LogP contribution in [0.5, 0.6) is 0 Å². The molecular formula is C15H14F3NO2S. The predicted octanol–water partition coefficient (Wildman–Crippen LogP) is 3.21. The molecule has 0 bridgehead atoms. The first-order chi connectivity index (χ1) is 10.4. The van der Waals surface area contributed by atoms with Crippen LogP contribution >= 0.6 is 11.8 Å². The molecule has 7 heteroatoms. The minimum Gasteiger partial charge on any atom is -0.375 e. The summed E-state index contributed by atoms with van der Waals surface area (Å²) in [7, 11) is 0. The Morgan fingerprint density at radius 1 is 1.50 bits per heavy atom. The van der Waals surface area contributed by atoms with Crippen LogP contribution in [0.15, 0.2) is 29.2 Å². The lowest BCUT2D eigenvalue weighted by atomic mass is 10.1. The number of terminal acetylenes is 1. The van der Waals surface area contributed by atoms with Crippen LogP contribution in [-0.2, 0) is 4.74 Å². The molecule has 0 aromatic heterocycles. The van der Waals surface area contributed by atoms with Crippen LogP contribution in [-0.4, -0.2) is 30.2 Å². The van der Waals surface area contributed by atoms with Gasteiger partial charge in [0, 0.05) is 17.1 Å². The van der Waals surface area contributed by atoms with Gasteiger partial charge in [-0.2, -0.15) is 13.2 Å². The topological polar surface area (TPSA) is 38.3 Å². The molecule has 1 aromatic rings. The van der Waals surface area contributed by atoms with Crippen molar-refractivity contribution in [1.29, 1.82) is 0 Å². The minimum atomic E-state index is -4.39. The fraction of sp³-hybridized carbons (Fsp3) is 0.400. The van der Waals surface area contributed by atoms with Gasteiger partial charge in [-0.25, -0.2) is 0 Å². The van der Waals surface area contributed by atoms with E-state index in [1.807, 2.05) is 0 Å². The van der Waals surface area contributed by atoms with E-state index in [4.69, 9.17) is 11.2 Å². The first kappa shape index (κ1) is 16.7. The number of carbonyl (C=O) groups is 1. The number of benzene rings is 1. The van der Waals surface area contributed by atoms with Crippen molar-refractivity contribution in [3.8, 4) is 12.3 Å². The fourth-order valence-electron chi connectivity index (χ4n) is 2.17. The zero-order chi connectivity index (χ0) is 16.2. The van der Waals surface area contributed by atoms with E-state index < -0.39 is 17.5 Å². The maximum atomic E-state index is 12.4. The first-order valence-electron chi connectivity index (χ1n) is 6.63. The molecule has 0 saturated carbocycles. The number of thioether (sulfide) groups is 1. The summed E-state index contributed by atoms with van der Waals surface area (Å²) in [5, 5.41) is 2.62. The van der Waals surface area contributed by atoms with Crippen LogP contribution in [0.3, 0.4) is 0 Å². The average molecular weight is 329 g/mol. The Morgan fingerprint density at radius 3 is 2.86 bits per heavy atom. The molecule has 1 heterocycles. The first-order valence-corrected chi connectivity index (χ1v) is 7.45. The maximum absolute atomic E-state index is 12.4. The Morgan fingerprint density at radius 2 is 2.27 bits per heavy atom. The number of alkyl halides is 3. The highest BCUT2D eigenvalue weighted by molar-refractivity contribution is 8.00. The highest BCUT2D eigenvalue weighted by Gasteiger charge is 2.30. The van der Waals surface area contributed by atoms with E-state index in [1.54, 1.807) is 0 Å². The third-order valence-corrected chi connectivity index (χ3v) is 3.85. The lowest BCUT2D eigenvalue weighted by molar-refractivity contribution is -0.0328. The predicted molar refractivity (Wildman–Crippen MR) is 77.4 cm³/mol. The van der Waals surface area contributed by atoms with Crippen molar-refractivity contribution in [3.63, 3.8) is 0 Å². The molecule has 2 rings (SSSR count). The largest absolute Gasteiger partial charge is 0.446 e. The molecule has 1 amide bonds. The summed E-state index contributed by atoms with van der Waals surface area (Å²) in [6.45, 7) is 0.594. The highest BCUT2D eigenvalue weighted by Crippen LogP contribution is 2.36. The van der Waals surface area contributed by atoms with Gasteiger partial charge < -0.3 is 10.1 Å². The monoisotopic (exact) mass is 329 g/mol. The van der Waals surface area contributed by atoms with Gasteiger partial charge in [0.1, 0.15) is 6.04 Å². The quantitative estimate of drug-likeness (QED) is 0.681. The van der Waals surface area contributed by atoms with Crippen molar-refractivity contribution in [1.82, 2.24) is 5.32 Å². The molecule has 2 atom stereocenters. The van der Waals surface area contributed by atoms with Gasteiger partial charge >= 0.3 is 5.51 Å². The van der Waals surface area contributed by atoms with Crippen molar-refractivity contribution in [3.05, 3.63) is 29.8 Å². The van der Waals surface area contributed by atoms with Gasteiger partial charge in [0.15, 0.2) is 0 Å². The summed E-state index contributed by atoms with van der Waals surface area (Å²) in [6.07, 6.45) is 6.77. The van der Waals surface area contributed by atoms with Gasteiger partial charge in [0.05, 0.1) is 6.10 Å². The number of amides is 1. The van der Waals surface area contributed by atoms with Crippen molar-refractivity contribution in [2.75, 3.05) is 6.61 Å². The molecular weight excluding hydrogens is 315 g/mol. The summed E-state index contributed by atoms with van der Waals surface area (Å²) >= 11 is -0.263. The molecule has 22 heavy (non-hydrogen) atoms. The Bertz CT molecular complexity index is 577. The zero-order valence-corrected chi connectivity index (χ0v) is 12.3. The van der Waals surface area contributed by atoms with Crippen LogP contribution in [0, 0.1) is 12.3 Å². The number of hydrogen-bond acceptors (Lipinski definition) is 3. The molecule has 0 radical (unpaired) electrons. The number of hydrogen-bond donors (Lipinski definition) is 1. The highest BCUT2D eigenvalue weighted by atomic mass is 32.2. The van der Waals surface area contributed by atoms with Crippen molar-refractivity contribution in [2.24, 2.45) is 0 Å². The van der Waals surface area contributed by atoms with Gasteiger partial charge in [-0.3, -0.25) is 4.79 Å². The average Bonchev–Trinajstić information content (AvgIpc) is 2.97. The summed E-state index contributed by atoms with van der Waals surface area (Å²) < 4.78 is 42.5. The second-order valence-corrected chi connectivity index (χ2v) is 5.88. The van der Waals surface area contributed by atoms with Crippen molar-refractivity contribution < 1.29 is 22.7 Å².